The molecule has 0 radical (unpaired) electrons. The molecule has 0 bridgehead atoms. The van der Waals surface area contributed by atoms with Crippen molar-refractivity contribution in [2.75, 3.05) is 24.5 Å². The minimum atomic E-state index is 0.153. The Bertz CT molecular complexity index is 290. The summed E-state index contributed by atoms with van der Waals surface area (Å²) in [6.07, 6.45) is 1.45. The van der Waals surface area contributed by atoms with Crippen molar-refractivity contribution in [1.29, 1.82) is 0 Å². The van der Waals surface area contributed by atoms with E-state index in [9.17, 15) is 0 Å². The Balaban J connectivity index is 3.03. The van der Waals surface area contributed by atoms with Crippen molar-refractivity contribution < 1.29 is 4.84 Å². The highest BCUT2D eigenvalue weighted by Gasteiger charge is 2.10. The van der Waals surface area contributed by atoms with Gasteiger partial charge >= 0.3 is 0 Å². The van der Waals surface area contributed by atoms with Gasteiger partial charge < -0.3 is 5.73 Å². The summed E-state index contributed by atoms with van der Waals surface area (Å²) >= 11 is 5.61. The highest BCUT2D eigenvalue weighted by molar-refractivity contribution is 6.28. The molecular weight excluding hydrogens is 192 g/mol. The van der Waals surface area contributed by atoms with Crippen molar-refractivity contribution >= 4 is 23.1 Å². The zero-order valence-corrected chi connectivity index (χ0v) is 8.25. The highest BCUT2D eigenvalue weighted by atomic mass is 35.5. The van der Waals surface area contributed by atoms with E-state index in [1.165, 1.54) is 11.3 Å². The summed E-state index contributed by atoms with van der Waals surface area (Å²) in [7, 11) is 1.54. The summed E-state index contributed by atoms with van der Waals surface area (Å²) < 4.78 is 0. The normalized spacial score (nSPS) is 10.1. The number of hydrogen-bond donors (Lipinski definition) is 1. The van der Waals surface area contributed by atoms with Gasteiger partial charge in [0, 0.05) is 6.54 Å². The van der Waals surface area contributed by atoms with Crippen LogP contribution in [0, 0.1) is 0 Å². The summed E-state index contributed by atoms with van der Waals surface area (Å²) in [5.74, 6) is 0.491. The van der Waals surface area contributed by atoms with Gasteiger partial charge in [0.15, 0.2) is 5.82 Å². The minimum Gasteiger partial charge on any atom is -0.394 e. The van der Waals surface area contributed by atoms with Crippen LogP contribution in [0.5, 0.6) is 0 Å². The molecule has 0 aromatic carbocycles. The fourth-order valence-electron chi connectivity index (χ4n) is 0.926. The molecule has 6 heteroatoms. The molecule has 0 atom stereocenters. The second kappa shape index (κ2) is 4.25. The Morgan fingerprint density at radius 3 is 2.92 bits per heavy atom. The Hall–Kier alpha value is -1.07. The van der Waals surface area contributed by atoms with Gasteiger partial charge in [-0.2, -0.15) is 4.98 Å². The monoisotopic (exact) mass is 202 g/mol. The van der Waals surface area contributed by atoms with Crippen LogP contribution in [-0.4, -0.2) is 23.6 Å². The second-order valence-electron chi connectivity index (χ2n) is 2.30. The first-order valence-corrected chi connectivity index (χ1v) is 4.16. The molecule has 0 aliphatic carbocycles. The van der Waals surface area contributed by atoms with Crippen LogP contribution >= 0.6 is 11.6 Å². The van der Waals surface area contributed by atoms with Gasteiger partial charge in [-0.3, -0.25) is 4.84 Å². The van der Waals surface area contributed by atoms with E-state index in [0.717, 1.165) is 0 Å². The first-order chi connectivity index (χ1) is 6.19. The van der Waals surface area contributed by atoms with Crippen LogP contribution in [0.3, 0.4) is 0 Å². The standard InChI is InChI=1S/C7H11ClN4O/c1-3-12(13-2)6-5(9)4-10-7(8)11-6/h4H,3,9H2,1-2H3. The molecule has 1 heterocycles. The number of anilines is 2. The maximum absolute atomic E-state index is 5.64. The summed E-state index contributed by atoms with van der Waals surface area (Å²) in [6, 6.07) is 0. The van der Waals surface area contributed by atoms with E-state index in [1.807, 2.05) is 6.92 Å². The molecule has 1 aromatic heterocycles. The lowest BCUT2D eigenvalue weighted by atomic mass is 10.5. The molecular formula is C7H11ClN4O. The fourth-order valence-corrected chi connectivity index (χ4v) is 1.06. The molecule has 0 saturated heterocycles. The van der Waals surface area contributed by atoms with E-state index in [1.54, 1.807) is 7.11 Å². The molecule has 0 fully saturated rings. The van der Waals surface area contributed by atoms with Crippen LogP contribution in [0.15, 0.2) is 6.20 Å². The lowest BCUT2D eigenvalue weighted by Gasteiger charge is -2.19. The third-order valence-corrected chi connectivity index (χ3v) is 1.69. The summed E-state index contributed by atoms with van der Waals surface area (Å²) in [6.45, 7) is 2.55. The lowest BCUT2D eigenvalue weighted by Crippen LogP contribution is -2.23. The number of nitrogen functional groups attached to an aromatic ring is 1. The largest absolute Gasteiger partial charge is 0.394 e. The number of halogens is 1. The van der Waals surface area contributed by atoms with Crippen molar-refractivity contribution in [2.24, 2.45) is 0 Å². The maximum Gasteiger partial charge on any atom is 0.224 e. The molecule has 5 nitrogen and oxygen atoms in total. The van der Waals surface area contributed by atoms with E-state index < -0.39 is 0 Å². The first kappa shape index (κ1) is 10.0. The van der Waals surface area contributed by atoms with Crippen LogP contribution in [-0.2, 0) is 4.84 Å². The van der Waals surface area contributed by atoms with Gasteiger partial charge in [0.05, 0.1) is 19.0 Å². The number of hydrogen-bond acceptors (Lipinski definition) is 5. The summed E-state index contributed by atoms with van der Waals surface area (Å²) in [5.41, 5.74) is 6.07. The predicted octanol–water partition coefficient (Wildman–Crippen LogP) is 1.10. The molecule has 0 unspecified atom stereocenters. The number of hydroxylamine groups is 1. The van der Waals surface area contributed by atoms with E-state index in [4.69, 9.17) is 22.2 Å². The molecule has 0 saturated carbocycles. The van der Waals surface area contributed by atoms with Crippen LogP contribution < -0.4 is 10.8 Å². The number of rotatable bonds is 3. The molecule has 13 heavy (non-hydrogen) atoms. The van der Waals surface area contributed by atoms with Crippen LogP contribution in [0.1, 0.15) is 6.92 Å². The van der Waals surface area contributed by atoms with Crippen molar-refractivity contribution in [3.05, 3.63) is 11.5 Å². The summed E-state index contributed by atoms with van der Waals surface area (Å²) in [4.78, 5) is 12.7. The zero-order chi connectivity index (χ0) is 9.84. The fraction of sp³-hybridized carbons (Fsp3) is 0.429. The van der Waals surface area contributed by atoms with E-state index >= 15 is 0 Å². The highest BCUT2D eigenvalue weighted by Crippen LogP contribution is 2.20. The molecule has 0 spiro atoms. The van der Waals surface area contributed by atoms with Crippen molar-refractivity contribution in [1.82, 2.24) is 9.97 Å². The maximum atomic E-state index is 5.64. The third kappa shape index (κ3) is 2.19. The molecule has 1 aromatic rings. The lowest BCUT2D eigenvalue weighted by molar-refractivity contribution is 0.169. The van der Waals surface area contributed by atoms with Crippen molar-refractivity contribution in [3.63, 3.8) is 0 Å². The van der Waals surface area contributed by atoms with Gasteiger partial charge in [0.25, 0.3) is 0 Å². The second-order valence-corrected chi connectivity index (χ2v) is 2.63. The zero-order valence-electron chi connectivity index (χ0n) is 7.49. The number of aromatic nitrogens is 2. The Labute approximate surface area is 81.4 Å². The topological polar surface area (TPSA) is 64.3 Å². The van der Waals surface area contributed by atoms with Gasteiger partial charge in [-0.1, -0.05) is 0 Å². The van der Waals surface area contributed by atoms with E-state index in [2.05, 4.69) is 9.97 Å². The third-order valence-electron chi connectivity index (χ3n) is 1.51. The molecule has 0 aliphatic rings. The van der Waals surface area contributed by atoms with Gasteiger partial charge in [-0.15, -0.1) is 0 Å². The SMILES string of the molecule is CCN(OC)c1nc(Cl)ncc1N. The Morgan fingerprint density at radius 2 is 2.38 bits per heavy atom. The van der Waals surface area contributed by atoms with Crippen molar-refractivity contribution in [3.8, 4) is 0 Å². The van der Waals surface area contributed by atoms with E-state index in [0.29, 0.717) is 18.1 Å². The number of nitrogens with two attached hydrogens (primary N) is 1. The van der Waals surface area contributed by atoms with Gasteiger partial charge in [-0.05, 0) is 18.5 Å². The molecule has 2 N–H and O–H groups in total. The quantitative estimate of drug-likeness (QED) is 0.588. The molecule has 1 rings (SSSR count). The molecule has 72 valence electrons. The Kier molecular flexibility index (Phi) is 3.27. The average Bonchev–Trinajstić information content (AvgIpc) is 2.13. The smallest absolute Gasteiger partial charge is 0.224 e. The van der Waals surface area contributed by atoms with Crippen LogP contribution in [0.2, 0.25) is 5.28 Å². The van der Waals surface area contributed by atoms with Crippen LogP contribution in [0.4, 0.5) is 11.5 Å². The van der Waals surface area contributed by atoms with Gasteiger partial charge in [-0.25, -0.2) is 10.0 Å². The van der Waals surface area contributed by atoms with E-state index in [-0.39, 0.29) is 5.28 Å². The molecule has 0 aliphatic heterocycles. The Morgan fingerprint density at radius 1 is 1.69 bits per heavy atom. The number of nitrogens with zero attached hydrogens (tertiary/aromatic N) is 3. The predicted molar refractivity (Wildman–Crippen MR) is 51.5 cm³/mol. The summed E-state index contributed by atoms with van der Waals surface area (Å²) in [5, 5.41) is 1.68. The first-order valence-electron chi connectivity index (χ1n) is 3.78. The van der Waals surface area contributed by atoms with Gasteiger partial charge in [0.2, 0.25) is 5.28 Å². The van der Waals surface area contributed by atoms with Crippen LogP contribution in [0.25, 0.3) is 0 Å². The average molecular weight is 203 g/mol. The van der Waals surface area contributed by atoms with Gasteiger partial charge in [0.1, 0.15) is 0 Å². The van der Waals surface area contributed by atoms with Crippen molar-refractivity contribution in [2.45, 2.75) is 6.92 Å². The minimum absolute atomic E-state index is 0.153. The molecule has 0 amide bonds.